The van der Waals surface area contributed by atoms with Crippen molar-refractivity contribution in [3.8, 4) is 0 Å². The molecular formula is C11H16N2O4. The molecule has 0 aliphatic carbocycles. The fourth-order valence-corrected chi connectivity index (χ4v) is 1.77. The highest BCUT2D eigenvalue weighted by Crippen LogP contribution is 2.16. The maximum atomic E-state index is 11.4. The molecule has 6 nitrogen and oxygen atoms in total. The lowest BCUT2D eigenvalue weighted by Crippen LogP contribution is -2.30. The van der Waals surface area contributed by atoms with Gasteiger partial charge in [0, 0.05) is 13.2 Å². The Morgan fingerprint density at radius 3 is 3.00 bits per heavy atom. The van der Waals surface area contributed by atoms with Crippen LogP contribution in [0.4, 0.5) is 0 Å². The van der Waals surface area contributed by atoms with Crippen LogP contribution in [0.2, 0.25) is 0 Å². The summed E-state index contributed by atoms with van der Waals surface area (Å²) in [5, 5.41) is 0. The van der Waals surface area contributed by atoms with Crippen molar-refractivity contribution in [3.05, 3.63) is 23.7 Å². The summed E-state index contributed by atoms with van der Waals surface area (Å²) in [6, 6.07) is 1.57. The molecule has 1 amide bonds. The van der Waals surface area contributed by atoms with Crippen molar-refractivity contribution in [2.24, 2.45) is 5.84 Å². The van der Waals surface area contributed by atoms with E-state index in [2.05, 4.69) is 5.43 Å². The molecule has 0 spiro atoms. The fourth-order valence-electron chi connectivity index (χ4n) is 1.77. The van der Waals surface area contributed by atoms with Crippen molar-refractivity contribution in [3.63, 3.8) is 0 Å². The molecule has 1 aliphatic rings. The van der Waals surface area contributed by atoms with Crippen LogP contribution in [0.25, 0.3) is 0 Å². The van der Waals surface area contributed by atoms with Gasteiger partial charge in [-0.25, -0.2) is 5.84 Å². The van der Waals surface area contributed by atoms with Crippen LogP contribution in [0.1, 0.15) is 29.0 Å². The topological polar surface area (TPSA) is 86.7 Å². The maximum Gasteiger partial charge on any atom is 0.268 e. The molecule has 1 aromatic heterocycles. The number of nitrogens with two attached hydrogens (primary N) is 1. The number of rotatable bonds is 4. The summed E-state index contributed by atoms with van der Waals surface area (Å²) < 4.78 is 16.1. The standard InChI is InChI=1S/C11H16N2O4/c12-13-11(14)9-3-6-16-10(9)7-17-8-1-4-15-5-2-8/h3,6,8H,1-2,4-5,7,12H2,(H,13,14). The fraction of sp³-hybridized carbons (Fsp3) is 0.545. The zero-order valence-corrected chi connectivity index (χ0v) is 9.48. The van der Waals surface area contributed by atoms with E-state index >= 15 is 0 Å². The van der Waals surface area contributed by atoms with E-state index in [1.807, 2.05) is 0 Å². The predicted molar refractivity (Wildman–Crippen MR) is 59.0 cm³/mol. The molecule has 0 unspecified atom stereocenters. The number of nitrogen functional groups attached to an aromatic ring is 1. The minimum atomic E-state index is -0.371. The number of hydrogen-bond acceptors (Lipinski definition) is 5. The summed E-state index contributed by atoms with van der Waals surface area (Å²) in [6.45, 7) is 1.72. The van der Waals surface area contributed by atoms with Gasteiger partial charge < -0.3 is 13.9 Å². The second kappa shape index (κ2) is 5.81. The van der Waals surface area contributed by atoms with Crippen LogP contribution in [0.15, 0.2) is 16.7 Å². The Kier molecular flexibility index (Phi) is 4.13. The first kappa shape index (κ1) is 12.1. The van der Waals surface area contributed by atoms with Crippen LogP contribution in [0.5, 0.6) is 0 Å². The van der Waals surface area contributed by atoms with E-state index in [0.29, 0.717) is 11.3 Å². The molecule has 17 heavy (non-hydrogen) atoms. The van der Waals surface area contributed by atoms with Gasteiger partial charge in [-0.05, 0) is 18.9 Å². The van der Waals surface area contributed by atoms with E-state index in [4.69, 9.17) is 19.7 Å². The van der Waals surface area contributed by atoms with Crippen LogP contribution in [0.3, 0.4) is 0 Å². The van der Waals surface area contributed by atoms with Crippen molar-refractivity contribution >= 4 is 5.91 Å². The third kappa shape index (κ3) is 3.06. The number of carbonyl (C=O) groups is 1. The number of amides is 1. The Balaban J connectivity index is 1.89. The number of nitrogens with one attached hydrogen (secondary N) is 1. The molecule has 0 aromatic carbocycles. The summed E-state index contributed by atoms with van der Waals surface area (Å²) in [5.74, 6) is 5.20. The van der Waals surface area contributed by atoms with Gasteiger partial charge in [-0.15, -0.1) is 0 Å². The quantitative estimate of drug-likeness (QED) is 0.456. The van der Waals surface area contributed by atoms with Crippen molar-refractivity contribution in [2.45, 2.75) is 25.6 Å². The lowest BCUT2D eigenvalue weighted by atomic mass is 10.1. The Labute approximate surface area is 99.0 Å². The van der Waals surface area contributed by atoms with Gasteiger partial charge in [0.05, 0.1) is 17.9 Å². The van der Waals surface area contributed by atoms with Crippen molar-refractivity contribution in [1.82, 2.24) is 5.43 Å². The highest BCUT2D eigenvalue weighted by atomic mass is 16.5. The first-order valence-corrected chi connectivity index (χ1v) is 5.58. The lowest BCUT2D eigenvalue weighted by molar-refractivity contribution is -0.0435. The number of furan rings is 1. The number of hydrogen-bond donors (Lipinski definition) is 2. The van der Waals surface area contributed by atoms with Crippen molar-refractivity contribution < 1.29 is 18.7 Å². The second-order valence-corrected chi connectivity index (χ2v) is 3.85. The minimum absolute atomic E-state index is 0.169. The molecule has 0 saturated carbocycles. The van der Waals surface area contributed by atoms with Gasteiger partial charge in [0.2, 0.25) is 0 Å². The molecule has 94 valence electrons. The molecule has 0 atom stereocenters. The Bertz CT molecular complexity index is 371. The van der Waals surface area contributed by atoms with E-state index in [9.17, 15) is 4.79 Å². The van der Waals surface area contributed by atoms with E-state index < -0.39 is 0 Å². The minimum Gasteiger partial charge on any atom is -0.466 e. The number of hydrazine groups is 1. The smallest absolute Gasteiger partial charge is 0.268 e. The first-order chi connectivity index (χ1) is 8.31. The predicted octanol–water partition coefficient (Wildman–Crippen LogP) is 0.579. The molecule has 0 bridgehead atoms. The highest BCUT2D eigenvalue weighted by molar-refractivity contribution is 5.94. The van der Waals surface area contributed by atoms with Gasteiger partial charge in [0.25, 0.3) is 5.91 Å². The normalized spacial score (nSPS) is 17.0. The molecule has 1 aliphatic heterocycles. The van der Waals surface area contributed by atoms with Gasteiger partial charge in [-0.3, -0.25) is 10.2 Å². The van der Waals surface area contributed by atoms with Crippen LogP contribution >= 0.6 is 0 Å². The zero-order chi connectivity index (χ0) is 12.1. The molecule has 6 heteroatoms. The number of carbonyl (C=O) groups excluding carboxylic acids is 1. The second-order valence-electron chi connectivity index (χ2n) is 3.85. The van der Waals surface area contributed by atoms with Gasteiger partial charge in [0.1, 0.15) is 12.4 Å². The Morgan fingerprint density at radius 1 is 1.53 bits per heavy atom. The zero-order valence-electron chi connectivity index (χ0n) is 9.48. The summed E-state index contributed by atoms with van der Waals surface area (Å²) in [6.07, 6.45) is 3.37. The molecule has 2 rings (SSSR count). The van der Waals surface area contributed by atoms with E-state index in [-0.39, 0.29) is 18.6 Å². The van der Waals surface area contributed by atoms with E-state index in [1.54, 1.807) is 6.07 Å². The first-order valence-electron chi connectivity index (χ1n) is 5.58. The average Bonchev–Trinajstić information content (AvgIpc) is 2.85. The van der Waals surface area contributed by atoms with Gasteiger partial charge in [-0.2, -0.15) is 0 Å². The van der Waals surface area contributed by atoms with Crippen molar-refractivity contribution in [1.29, 1.82) is 0 Å². The summed E-state index contributed by atoms with van der Waals surface area (Å²) in [5.41, 5.74) is 2.49. The maximum absolute atomic E-state index is 11.4. The Hall–Kier alpha value is -1.37. The highest BCUT2D eigenvalue weighted by Gasteiger charge is 2.18. The van der Waals surface area contributed by atoms with Gasteiger partial charge in [0.15, 0.2) is 0 Å². The third-order valence-corrected chi connectivity index (χ3v) is 2.74. The average molecular weight is 240 g/mol. The van der Waals surface area contributed by atoms with E-state index in [1.165, 1.54) is 6.26 Å². The van der Waals surface area contributed by atoms with Crippen LogP contribution in [0, 0.1) is 0 Å². The molecule has 1 aromatic rings. The van der Waals surface area contributed by atoms with E-state index in [0.717, 1.165) is 26.1 Å². The summed E-state index contributed by atoms with van der Waals surface area (Å²) in [4.78, 5) is 11.4. The molecule has 0 radical (unpaired) electrons. The molecule has 2 heterocycles. The SMILES string of the molecule is NNC(=O)c1ccoc1COC1CCOCC1. The van der Waals surface area contributed by atoms with Crippen molar-refractivity contribution in [2.75, 3.05) is 13.2 Å². The van der Waals surface area contributed by atoms with Crippen LogP contribution in [-0.4, -0.2) is 25.2 Å². The molecule has 3 N–H and O–H groups in total. The largest absolute Gasteiger partial charge is 0.466 e. The van der Waals surface area contributed by atoms with Gasteiger partial charge in [-0.1, -0.05) is 0 Å². The lowest BCUT2D eigenvalue weighted by Gasteiger charge is -2.21. The van der Waals surface area contributed by atoms with Crippen LogP contribution in [-0.2, 0) is 16.1 Å². The molecule has 1 fully saturated rings. The molecular weight excluding hydrogens is 224 g/mol. The third-order valence-electron chi connectivity index (χ3n) is 2.74. The van der Waals surface area contributed by atoms with Gasteiger partial charge >= 0.3 is 0 Å². The monoisotopic (exact) mass is 240 g/mol. The van der Waals surface area contributed by atoms with Crippen LogP contribution < -0.4 is 11.3 Å². The number of ether oxygens (including phenoxy) is 2. The Morgan fingerprint density at radius 2 is 2.29 bits per heavy atom. The summed E-state index contributed by atoms with van der Waals surface area (Å²) in [7, 11) is 0. The molecule has 1 saturated heterocycles. The summed E-state index contributed by atoms with van der Waals surface area (Å²) >= 11 is 0.